The van der Waals surface area contributed by atoms with Gasteiger partial charge >= 0.3 is 5.97 Å². The van der Waals surface area contributed by atoms with Crippen LogP contribution in [-0.2, 0) is 19.1 Å². The summed E-state index contributed by atoms with van der Waals surface area (Å²) in [5.74, 6) is -2.15. The van der Waals surface area contributed by atoms with Crippen LogP contribution in [0.15, 0.2) is 24.4 Å². The number of piperazine rings is 1. The van der Waals surface area contributed by atoms with Gasteiger partial charge in [-0.25, -0.2) is 9.48 Å². The predicted octanol–water partition coefficient (Wildman–Crippen LogP) is 2.02. The number of benzene rings is 1. The van der Waals surface area contributed by atoms with Crippen molar-refractivity contribution in [1.29, 1.82) is 0 Å². The second-order valence-electron chi connectivity index (χ2n) is 7.18. The molecule has 166 valence electrons. The molecule has 0 saturated carbocycles. The average Bonchev–Trinajstić information content (AvgIpc) is 3.12. The van der Waals surface area contributed by atoms with Crippen LogP contribution in [0.5, 0.6) is 0 Å². The lowest BCUT2D eigenvalue weighted by Gasteiger charge is -2.37. The molecule has 1 aromatic heterocycles. The number of carboxylic acid groups (broad SMARTS) is 1. The summed E-state index contributed by atoms with van der Waals surface area (Å²) in [4.78, 5) is 39.9. The molecule has 1 fully saturated rings. The van der Waals surface area contributed by atoms with Crippen molar-refractivity contribution in [3.63, 3.8) is 0 Å². The van der Waals surface area contributed by atoms with Crippen molar-refractivity contribution in [2.45, 2.75) is 32.4 Å². The summed E-state index contributed by atoms with van der Waals surface area (Å²) in [5.41, 5.74) is 0.778. The summed E-state index contributed by atoms with van der Waals surface area (Å²) >= 11 is 12.0. The minimum absolute atomic E-state index is 0.0739. The highest BCUT2D eigenvalue weighted by molar-refractivity contribution is 6.31. The number of carbonyl (C=O) groups excluding carboxylic acids is 2. The maximum atomic E-state index is 13.0. The molecule has 2 heterocycles. The monoisotopic (exact) mass is 469 g/mol. The zero-order chi connectivity index (χ0) is 22.7. The summed E-state index contributed by atoms with van der Waals surface area (Å²) in [6, 6.07) is 3.59. The van der Waals surface area contributed by atoms with E-state index in [1.165, 1.54) is 21.8 Å². The van der Waals surface area contributed by atoms with Gasteiger partial charge in [-0.15, -0.1) is 5.10 Å². The first kappa shape index (κ1) is 23.0. The number of carboxylic acids is 1. The number of hydrogen-bond donors (Lipinski definition) is 1. The summed E-state index contributed by atoms with van der Waals surface area (Å²) < 4.78 is 6.77. The van der Waals surface area contributed by atoms with Crippen molar-refractivity contribution in [3.8, 4) is 5.69 Å². The molecule has 1 aliphatic rings. The van der Waals surface area contributed by atoms with Gasteiger partial charge in [-0.2, -0.15) is 0 Å². The summed E-state index contributed by atoms with van der Waals surface area (Å²) in [6.45, 7) is 3.08. The molecule has 0 spiro atoms. The van der Waals surface area contributed by atoms with Gasteiger partial charge in [-0.05, 0) is 32.0 Å². The van der Waals surface area contributed by atoms with E-state index >= 15 is 0 Å². The van der Waals surface area contributed by atoms with Gasteiger partial charge in [-0.1, -0.05) is 28.4 Å². The molecule has 0 aliphatic carbocycles. The third-order valence-electron chi connectivity index (χ3n) is 4.66. The van der Waals surface area contributed by atoms with E-state index < -0.39 is 23.8 Å². The van der Waals surface area contributed by atoms with E-state index in [1.807, 2.05) is 13.8 Å². The van der Waals surface area contributed by atoms with Crippen LogP contribution >= 0.6 is 23.2 Å². The largest absolute Gasteiger partial charge is 0.480 e. The van der Waals surface area contributed by atoms with Crippen LogP contribution in [0.4, 0.5) is 5.69 Å². The Bertz CT molecular complexity index is 996. The van der Waals surface area contributed by atoms with E-state index in [0.717, 1.165) is 4.90 Å². The molecule has 2 aromatic rings. The highest BCUT2D eigenvalue weighted by atomic mass is 35.5. The number of amides is 2. The second-order valence-corrected chi connectivity index (χ2v) is 8.01. The number of anilines is 1. The SMILES string of the molecule is CC(C)OCCC(C(=O)O)N1CC(=O)N(c2cc(Cl)ccc2-n2cc(Cl)nn2)CC1=O. The van der Waals surface area contributed by atoms with Crippen molar-refractivity contribution in [2.24, 2.45) is 0 Å². The molecule has 3 rings (SSSR count). The molecule has 1 unspecified atom stereocenters. The number of halogens is 2. The zero-order valence-corrected chi connectivity index (χ0v) is 18.4. The van der Waals surface area contributed by atoms with Crippen LogP contribution in [0.25, 0.3) is 5.69 Å². The van der Waals surface area contributed by atoms with E-state index in [2.05, 4.69) is 10.3 Å². The number of ether oxygens (including phenoxy) is 1. The minimum atomic E-state index is -1.19. The first-order valence-corrected chi connectivity index (χ1v) is 10.2. The lowest BCUT2D eigenvalue weighted by Crippen LogP contribution is -2.59. The van der Waals surface area contributed by atoms with Gasteiger partial charge in [-0.3, -0.25) is 14.5 Å². The molecule has 2 amide bonds. The number of aromatic nitrogens is 3. The van der Waals surface area contributed by atoms with E-state index in [1.54, 1.807) is 12.1 Å². The van der Waals surface area contributed by atoms with Crippen molar-refractivity contribution in [1.82, 2.24) is 19.9 Å². The van der Waals surface area contributed by atoms with Crippen LogP contribution in [0.1, 0.15) is 20.3 Å². The summed E-state index contributed by atoms with van der Waals surface area (Å²) in [5, 5.41) is 17.7. The third-order valence-corrected chi connectivity index (χ3v) is 5.07. The van der Waals surface area contributed by atoms with Gasteiger partial charge in [0, 0.05) is 18.1 Å². The Hall–Kier alpha value is -2.69. The van der Waals surface area contributed by atoms with Crippen molar-refractivity contribution < 1.29 is 24.2 Å². The van der Waals surface area contributed by atoms with Gasteiger partial charge in [0.15, 0.2) is 5.15 Å². The van der Waals surface area contributed by atoms with Crippen molar-refractivity contribution in [2.75, 3.05) is 24.6 Å². The van der Waals surface area contributed by atoms with Gasteiger partial charge in [0.1, 0.15) is 19.1 Å². The number of nitrogens with zero attached hydrogens (tertiary/aromatic N) is 5. The number of carbonyl (C=O) groups is 3. The Balaban J connectivity index is 1.85. The summed E-state index contributed by atoms with van der Waals surface area (Å²) in [7, 11) is 0. The molecule has 1 aliphatic heterocycles. The smallest absolute Gasteiger partial charge is 0.326 e. The van der Waals surface area contributed by atoms with Gasteiger partial charge in [0.25, 0.3) is 0 Å². The normalized spacial score (nSPS) is 15.6. The molecule has 1 N–H and O–H groups in total. The van der Waals surface area contributed by atoms with E-state index in [4.69, 9.17) is 27.9 Å². The molecular weight excluding hydrogens is 449 g/mol. The Morgan fingerprint density at radius 2 is 1.94 bits per heavy atom. The standard InChI is InChI=1S/C19H21Cl2N5O5/c1-11(2)31-6-5-14(19(29)30)24-9-18(28)25(10-17(24)27)15-7-12(20)3-4-13(15)26-8-16(21)22-23-26/h3-4,7-8,11,14H,5-6,9-10H2,1-2H3,(H,29,30). The van der Waals surface area contributed by atoms with Gasteiger partial charge in [0.2, 0.25) is 11.8 Å². The highest BCUT2D eigenvalue weighted by Gasteiger charge is 2.38. The molecule has 10 nitrogen and oxygen atoms in total. The molecule has 0 radical (unpaired) electrons. The van der Waals surface area contributed by atoms with E-state index in [9.17, 15) is 19.5 Å². The zero-order valence-electron chi connectivity index (χ0n) is 16.9. The molecule has 31 heavy (non-hydrogen) atoms. The molecule has 0 bridgehead atoms. The van der Waals surface area contributed by atoms with Crippen molar-refractivity contribution >= 4 is 46.7 Å². The Morgan fingerprint density at radius 3 is 2.55 bits per heavy atom. The van der Waals surface area contributed by atoms with Crippen LogP contribution < -0.4 is 4.90 Å². The molecule has 1 atom stereocenters. The van der Waals surface area contributed by atoms with Crippen LogP contribution in [-0.4, -0.2) is 74.6 Å². The fraction of sp³-hybridized carbons (Fsp3) is 0.421. The predicted molar refractivity (Wildman–Crippen MR) is 113 cm³/mol. The number of hydrogen-bond acceptors (Lipinski definition) is 6. The number of aliphatic carboxylic acids is 1. The Morgan fingerprint density at radius 1 is 1.19 bits per heavy atom. The maximum Gasteiger partial charge on any atom is 0.326 e. The molecular formula is C19H21Cl2N5O5. The lowest BCUT2D eigenvalue weighted by molar-refractivity contribution is -0.153. The number of rotatable bonds is 8. The first-order chi connectivity index (χ1) is 14.7. The van der Waals surface area contributed by atoms with Gasteiger partial charge in [0.05, 0.1) is 23.7 Å². The second kappa shape index (κ2) is 9.63. The Labute approximate surface area is 188 Å². The third kappa shape index (κ3) is 5.33. The topological polar surface area (TPSA) is 118 Å². The molecule has 12 heteroatoms. The minimum Gasteiger partial charge on any atom is -0.480 e. The fourth-order valence-electron chi connectivity index (χ4n) is 3.23. The lowest BCUT2D eigenvalue weighted by atomic mass is 10.1. The average molecular weight is 470 g/mol. The van der Waals surface area contributed by atoms with Crippen molar-refractivity contribution in [3.05, 3.63) is 34.6 Å². The van der Waals surface area contributed by atoms with Crippen LogP contribution in [0, 0.1) is 0 Å². The van der Waals surface area contributed by atoms with Gasteiger partial charge < -0.3 is 14.7 Å². The van der Waals surface area contributed by atoms with E-state index in [-0.39, 0.29) is 37.4 Å². The first-order valence-electron chi connectivity index (χ1n) is 9.49. The highest BCUT2D eigenvalue weighted by Crippen LogP contribution is 2.30. The maximum absolute atomic E-state index is 13.0. The van der Waals surface area contributed by atoms with Crippen LogP contribution in [0.3, 0.4) is 0 Å². The van der Waals surface area contributed by atoms with E-state index in [0.29, 0.717) is 16.4 Å². The summed E-state index contributed by atoms with van der Waals surface area (Å²) in [6.07, 6.45) is 1.45. The molecule has 1 saturated heterocycles. The van der Waals surface area contributed by atoms with Crippen LogP contribution in [0.2, 0.25) is 10.2 Å². The Kier molecular flexibility index (Phi) is 7.14. The quantitative estimate of drug-likeness (QED) is 0.627. The fourth-order valence-corrected chi connectivity index (χ4v) is 3.53. The molecule has 1 aromatic carbocycles.